The van der Waals surface area contributed by atoms with E-state index in [4.69, 9.17) is 4.74 Å². The molecule has 0 bridgehead atoms. The molecule has 0 aliphatic carbocycles. The van der Waals surface area contributed by atoms with Crippen LogP contribution in [0.15, 0.2) is 71.5 Å². The van der Waals surface area contributed by atoms with E-state index in [2.05, 4.69) is 0 Å². The van der Waals surface area contributed by atoms with Gasteiger partial charge < -0.3 is 9.30 Å². The number of carbonyl (C=O) groups excluding carboxylic acids is 1. The Bertz CT molecular complexity index is 1290. The van der Waals surface area contributed by atoms with Crippen molar-refractivity contribution in [3.05, 3.63) is 99.7 Å². The number of halogens is 1. The first-order valence-corrected chi connectivity index (χ1v) is 9.72. The summed E-state index contributed by atoms with van der Waals surface area (Å²) in [6.45, 7) is 4.02. The molecule has 0 spiro atoms. The van der Waals surface area contributed by atoms with Gasteiger partial charge in [-0.05, 0) is 55.3 Å². The van der Waals surface area contributed by atoms with Crippen LogP contribution in [-0.4, -0.2) is 21.7 Å². The third-order valence-corrected chi connectivity index (χ3v) is 5.02. The molecule has 0 saturated carbocycles. The van der Waals surface area contributed by atoms with Gasteiger partial charge in [0.25, 0.3) is 5.56 Å². The average molecular weight is 404 g/mol. The Morgan fingerprint density at radius 1 is 1.00 bits per heavy atom. The quantitative estimate of drug-likeness (QED) is 0.462. The second-order valence-corrected chi connectivity index (χ2v) is 7.03. The van der Waals surface area contributed by atoms with Crippen LogP contribution in [0.2, 0.25) is 0 Å². The molecule has 5 nitrogen and oxygen atoms in total. The smallest absolute Gasteiger partial charge is 0.355 e. The summed E-state index contributed by atoms with van der Waals surface area (Å²) in [4.78, 5) is 25.4. The van der Waals surface area contributed by atoms with Crippen LogP contribution in [-0.2, 0) is 11.3 Å². The Labute approximate surface area is 173 Å². The molecule has 4 aromatic rings. The Kier molecular flexibility index (Phi) is 5.23. The Balaban J connectivity index is 1.95. The van der Waals surface area contributed by atoms with Gasteiger partial charge in [-0.25, -0.2) is 9.18 Å². The van der Waals surface area contributed by atoms with Crippen molar-refractivity contribution in [3.8, 4) is 5.69 Å². The summed E-state index contributed by atoms with van der Waals surface area (Å²) in [5, 5.41) is 0. The molecular formula is C24H21FN2O3. The summed E-state index contributed by atoms with van der Waals surface area (Å²) in [6.07, 6.45) is 0. The molecule has 0 aliphatic rings. The first-order chi connectivity index (χ1) is 14.5. The third-order valence-electron chi connectivity index (χ3n) is 5.02. The maximum Gasteiger partial charge on any atom is 0.355 e. The van der Waals surface area contributed by atoms with Crippen LogP contribution in [0.4, 0.5) is 4.39 Å². The van der Waals surface area contributed by atoms with Crippen molar-refractivity contribution < 1.29 is 13.9 Å². The molecule has 0 atom stereocenters. The minimum Gasteiger partial charge on any atom is -0.461 e. The number of nitrogens with zero attached hydrogens (tertiary/aromatic N) is 2. The van der Waals surface area contributed by atoms with Gasteiger partial charge in [0, 0.05) is 18.3 Å². The van der Waals surface area contributed by atoms with Crippen LogP contribution in [0.3, 0.4) is 0 Å². The van der Waals surface area contributed by atoms with Crippen LogP contribution in [0.25, 0.3) is 16.7 Å². The van der Waals surface area contributed by atoms with Crippen molar-refractivity contribution in [2.45, 2.75) is 20.4 Å². The topological polar surface area (TPSA) is 53.2 Å². The molecule has 2 heterocycles. The third kappa shape index (κ3) is 3.52. The van der Waals surface area contributed by atoms with Crippen molar-refractivity contribution >= 4 is 17.0 Å². The van der Waals surface area contributed by atoms with Crippen LogP contribution in [0.5, 0.6) is 0 Å². The van der Waals surface area contributed by atoms with Gasteiger partial charge >= 0.3 is 5.97 Å². The zero-order chi connectivity index (χ0) is 21.3. The fourth-order valence-corrected chi connectivity index (χ4v) is 3.62. The number of hydrogen-bond acceptors (Lipinski definition) is 3. The molecule has 0 unspecified atom stereocenters. The van der Waals surface area contributed by atoms with E-state index in [-0.39, 0.29) is 18.0 Å². The SMILES string of the molecule is CCOC(=O)c1cc2c(ccc(=O)n2-c2ccccc2)n1Cc1ccc(F)c(C)c1. The monoisotopic (exact) mass is 404 g/mol. The predicted molar refractivity (Wildman–Crippen MR) is 114 cm³/mol. The molecular weight excluding hydrogens is 383 g/mol. The molecule has 6 heteroatoms. The number of fused-ring (bicyclic) bond motifs is 1. The van der Waals surface area contributed by atoms with Gasteiger partial charge in [-0.3, -0.25) is 9.36 Å². The van der Waals surface area contributed by atoms with Crippen molar-refractivity contribution in [1.82, 2.24) is 9.13 Å². The number of rotatable bonds is 5. The molecule has 0 amide bonds. The molecule has 2 aromatic heterocycles. The van der Waals surface area contributed by atoms with E-state index < -0.39 is 5.97 Å². The van der Waals surface area contributed by atoms with Crippen molar-refractivity contribution in [1.29, 1.82) is 0 Å². The molecule has 0 fully saturated rings. The molecule has 0 radical (unpaired) electrons. The van der Waals surface area contributed by atoms with Gasteiger partial charge in [-0.1, -0.05) is 30.3 Å². The number of hydrogen-bond donors (Lipinski definition) is 0. The lowest BCUT2D eigenvalue weighted by Gasteiger charge is -2.12. The summed E-state index contributed by atoms with van der Waals surface area (Å²) >= 11 is 0. The zero-order valence-corrected chi connectivity index (χ0v) is 16.8. The molecule has 0 N–H and O–H groups in total. The van der Waals surface area contributed by atoms with Gasteiger partial charge in [0.1, 0.15) is 11.5 Å². The highest BCUT2D eigenvalue weighted by molar-refractivity contribution is 5.95. The van der Waals surface area contributed by atoms with E-state index in [9.17, 15) is 14.0 Å². The summed E-state index contributed by atoms with van der Waals surface area (Å²) < 4.78 is 22.3. The molecule has 4 rings (SSSR count). The van der Waals surface area contributed by atoms with E-state index >= 15 is 0 Å². The minimum absolute atomic E-state index is 0.195. The highest BCUT2D eigenvalue weighted by atomic mass is 19.1. The number of pyridine rings is 1. The first-order valence-electron chi connectivity index (χ1n) is 9.72. The van der Waals surface area contributed by atoms with E-state index in [1.54, 1.807) is 47.2 Å². The second kappa shape index (κ2) is 7.99. The minimum atomic E-state index is -0.473. The van der Waals surface area contributed by atoms with E-state index in [1.807, 2.05) is 30.3 Å². The Morgan fingerprint density at radius 3 is 2.47 bits per heavy atom. The summed E-state index contributed by atoms with van der Waals surface area (Å²) in [6, 6.07) is 19.0. The lowest BCUT2D eigenvalue weighted by molar-refractivity contribution is 0.0515. The van der Waals surface area contributed by atoms with E-state index in [0.717, 1.165) is 5.56 Å². The summed E-state index contributed by atoms with van der Waals surface area (Å²) in [5.41, 5.74) is 3.54. The maximum absolute atomic E-state index is 13.7. The van der Waals surface area contributed by atoms with Crippen LogP contribution in [0, 0.1) is 12.7 Å². The van der Waals surface area contributed by atoms with Gasteiger partial charge in [0.15, 0.2) is 0 Å². The summed E-state index contributed by atoms with van der Waals surface area (Å²) in [5.74, 6) is -0.751. The number of benzene rings is 2. The average Bonchev–Trinajstić information content (AvgIpc) is 3.10. The van der Waals surface area contributed by atoms with Crippen molar-refractivity contribution in [3.63, 3.8) is 0 Å². The molecule has 2 aromatic carbocycles. The highest BCUT2D eigenvalue weighted by Crippen LogP contribution is 2.24. The molecule has 152 valence electrons. The van der Waals surface area contributed by atoms with Crippen molar-refractivity contribution in [2.24, 2.45) is 0 Å². The van der Waals surface area contributed by atoms with Crippen LogP contribution in [0.1, 0.15) is 28.5 Å². The Hall–Kier alpha value is -3.67. The maximum atomic E-state index is 13.7. The van der Waals surface area contributed by atoms with Gasteiger partial charge in [0.2, 0.25) is 0 Å². The second-order valence-electron chi connectivity index (χ2n) is 7.03. The number of esters is 1. The van der Waals surface area contributed by atoms with E-state index in [1.165, 1.54) is 12.1 Å². The normalized spacial score (nSPS) is 11.0. The van der Waals surface area contributed by atoms with Gasteiger partial charge in [-0.2, -0.15) is 0 Å². The molecule has 30 heavy (non-hydrogen) atoms. The van der Waals surface area contributed by atoms with Crippen LogP contribution < -0.4 is 5.56 Å². The van der Waals surface area contributed by atoms with Crippen LogP contribution >= 0.6 is 0 Å². The Morgan fingerprint density at radius 2 is 1.77 bits per heavy atom. The number of para-hydroxylation sites is 1. The number of carbonyl (C=O) groups is 1. The van der Waals surface area contributed by atoms with Crippen molar-refractivity contribution in [2.75, 3.05) is 6.61 Å². The number of ether oxygens (including phenoxy) is 1. The lowest BCUT2D eigenvalue weighted by atomic mass is 10.1. The van der Waals surface area contributed by atoms with Gasteiger partial charge in [0.05, 0.1) is 17.6 Å². The number of aryl methyl sites for hydroxylation is 1. The van der Waals surface area contributed by atoms with E-state index in [0.29, 0.717) is 34.5 Å². The fraction of sp³-hybridized carbons (Fsp3) is 0.167. The summed E-state index contributed by atoms with van der Waals surface area (Å²) in [7, 11) is 0. The molecule has 0 aliphatic heterocycles. The molecule has 0 saturated heterocycles. The number of aromatic nitrogens is 2. The first kappa shape index (κ1) is 19.6. The standard InChI is InChI=1S/C24H21FN2O3/c1-3-30-24(29)22-14-21-20(26(22)15-17-9-10-19(25)16(2)13-17)11-12-23(28)27(21)18-7-5-4-6-8-18/h4-14H,3,15H2,1-2H3. The fourth-order valence-electron chi connectivity index (χ4n) is 3.62. The highest BCUT2D eigenvalue weighted by Gasteiger charge is 2.20. The largest absolute Gasteiger partial charge is 0.461 e. The predicted octanol–water partition coefficient (Wildman–Crippen LogP) is 4.46. The van der Waals surface area contributed by atoms with Gasteiger partial charge in [-0.15, -0.1) is 0 Å². The zero-order valence-electron chi connectivity index (χ0n) is 16.8. The lowest BCUT2D eigenvalue weighted by Crippen LogP contribution is -2.17.